The standard InChI is InChI=1S/C13H14O3/c1-13(2)15-10-8-6-4-3-5-7(8)9-11(14-9)12(10)16-13/h3-6,9-12H,1-2H3/t9-,10-,11-,12-/m1/s1. The lowest BCUT2D eigenvalue weighted by atomic mass is 9.88. The molecule has 4 atom stereocenters. The zero-order valence-corrected chi connectivity index (χ0v) is 9.34. The van der Waals surface area contributed by atoms with Gasteiger partial charge in [0.05, 0.1) is 0 Å². The summed E-state index contributed by atoms with van der Waals surface area (Å²) >= 11 is 0. The van der Waals surface area contributed by atoms with Crippen LogP contribution >= 0.6 is 0 Å². The van der Waals surface area contributed by atoms with E-state index in [2.05, 4.69) is 18.2 Å². The average molecular weight is 218 g/mol. The first-order valence-electron chi connectivity index (χ1n) is 5.76. The van der Waals surface area contributed by atoms with Crippen LogP contribution in [0.15, 0.2) is 24.3 Å². The number of rotatable bonds is 0. The molecule has 16 heavy (non-hydrogen) atoms. The largest absolute Gasteiger partial charge is 0.362 e. The van der Waals surface area contributed by atoms with Crippen molar-refractivity contribution in [3.05, 3.63) is 35.4 Å². The minimum atomic E-state index is -0.497. The minimum Gasteiger partial charge on any atom is -0.362 e. The van der Waals surface area contributed by atoms with Crippen molar-refractivity contribution in [1.82, 2.24) is 0 Å². The summed E-state index contributed by atoms with van der Waals surface area (Å²) in [5, 5.41) is 0. The molecule has 3 nitrogen and oxygen atoms in total. The van der Waals surface area contributed by atoms with E-state index < -0.39 is 5.79 Å². The molecular weight excluding hydrogens is 204 g/mol. The molecule has 2 fully saturated rings. The molecule has 1 aromatic rings. The van der Waals surface area contributed by atoms with E-state index in [1.165, 1.54) is 11.1 Å². The summed E-state index contributed by atoms with van der Waals surface area (Å²) in [4.78, 5) is 0. The van der Waals surface area contributed by atoms with Crippen LogP contribution in [0.25, 0.3) is 0 Å². The SMILES string of the molecule is CC1(C)O[C@H]2[C@@H]3O[C@@H]3c3ccccc3[C@H]2O1. The van der Waals surface area contributed by atoms with Crippen LogP contribution in [0.2, 0.25) is 0 Å². The number of benzene rings is 1. The smallest absolute Gasteiger partial charge is 0.164 e. The molecule has 0 bridgehead atoms. The van der Waals surface area contributed by atoms with Gasteiger partial charge in [0, 0.05) is 0 Å². The number of fused-ring (bicyclic) bond motifs is 6. The Morgan fingerprint density at radius 2 is 1.62 bits per heavy atom. The van der Waals surface area contributed by atoms with Crippen LogP contribution in [0.1, 0.15) is 37.2 Å². The number of ether oxygens (including phenoxy) is 3. The summed E-state index contributed by atoms with van der Waals surface area (Å²) in [5.74, 6) is -0.497. The predicted octanol–water partition coefficient (Wildman–Crippen LogP) is 2.33. The highest BCUT2D eigenvalue weighted by molar-refractivity contribution is 5.39. The molecule has 3 heteroatoms. The second-order valence-electron chi connectivity index (χ2n) is 5.17. The third kappa shape index (κ3) is 1.08. The van der Waals surface area contributed by atoms with Crippen LogP contribution < -0.4 is 0 Å². The predicted molar refractivity (Wildman–Crippen MR) is 56.8 cm³/mol. The van der Waals surface area contributed by atoms with E-state index in [0.717, 1.165) is 0 Å². The lowest BCUT2D eigenvalue weighted by molar-refractivity contribution is -0.148. The number of epoxide rings is 1. The summed E-state index contributed by atoms with van der Waals surface area (Å²) in [6, 6.07) is 8.35. The van der Waals surface area contributed by atoms with E-state index in [-0.39, 0.29) is 24.4 Å². The first kappa shape index (κ1) is 9.16. The average Bonchev–Trinajstić information content (AvgIpc) is 2.97. The molecule has 2 aliphatic heterocycles. The van der Waals surface area contributed by atoms with Crippen molar-refractivity contribution in [2.75, 3.05) is 0 Å². The first-order valence-corrected chi connectivity index (χ1v) is 5.76. The Balaban J connectivity index is 1.84. The highest BCUT2D eigenvalue weighted by atomic mass is 16.8. The van der Waals surface area contributed by atoms with Gasteiger partial charge in [-0.2, -0.15) is 0 Å². The fourth-order valence-corrected chi connectivity index (χ4v) is 2.92. The van der Waals surface area contributed by atoms with Crippen molar-refractivity contribution in [2.45, 2.75) is 44.1 Å². The molecule has 0 unspecified atom stereocenters. The summed E-state index contributed by atoms with van der Waals surface area (Å²) in [6.07, 6.45) is 0.529. The van der Waals surface area contributed by atoms with Gasteiger partial charge in [-0.15, -0.1) is 0 Å². The van der Waals surface area contributed by atoms with Crippen LogP contribution in [0.4, 0.5) is 0 Å². The van der Waals surface area contributed by atoms with Gasteiger partial charge in [0.25, 0.3) is 0 Å². The minimum absolute atomic E-state index is 0.0370. The Bertz CT molecular complexity index is 454. The summed E-state index contributed by atoms with van der Waals surface area (Å²) in [6.45, 7) is 3.93. The topological polar surface area (TPSA) is 31.0 Å². The maximum Gasteiger partial charge on any atom is 0.164 e. The number of hydrogen-bond donors (Lipinski definition) is 0. The van der Waals surface area contributed by atoms with Gasteiger partial charge in [0.15, 0.2) is 5.79 Å². The van der Waals surface area contributed by atoms with Crippen molar-refractivity contribution in [1.29, 1.82) is 0 Å². The van der Waals surface area contributed by atoms with Crippen LogP contribution in [0, 0.1) is 0 Å². The quantitative estimate of drug-likeness (QED) is 0.626. The van der Waals surface area contributed by atoms with Crippen LogP contribution in [-0.2, 0) is 14.2 Å². The molecule has 0 amide bonds. The molecule has 2 saturated heterocycles. The fraction of sp³-hybridized carbons (Fsp3) is 0.538. The maximum absolute atomic E-state index is 5.97. The first-order chi connectivity index (χ1) is 7.66. The van der Waals surface area contributed by atoms with Gasteiger partial charge >= 0.3 is 0 Å². The Hall–Kier alpha value is -0.900. The molecule has 3 aliphatic rings. The monoisotopic (exact) mass is 218 g/mol. The van der Waals surface area contributed by atoms with Gasteiger partial charge in [0.2, 0.25) is 0 Å². The van der Waals surface area contributed by atoms with Crippen LogP contribution in [-0.4, -0.2) is 18.0 Å². The third-order valence-electron chi connectivity index (χ3n) is 3.59. The fourth-order valence-electron chi connectivity index (χ4n) is 2.92. The molecule has 84 valence electrons. The van der Waals surface area contributed by atoms with Gasteiger partial charge in [-0.1, -0.05) is 24.3 Å². The summed E-state index contributed by atoms with van der Waals surface area (Å²) in [5.41, 5.74) is 2.51. The Labute approximate surface area is 94.3 Å². The normalized spacial score (nSPS) is 42.1. The van der Waals surface area contributed by atoms with Gasteiger partial charge in [-0.25, -0.2) is 0 Å². The highest BCUT2D eigenvalue weighted by Gasteiger charge is 2.60. The molecule has 0 aromatic heterocycles. The Morgan fingerprint density at radius 3 is 2.38 bits per heavy atom. The van der Waals surface area contributed by atoms with Crippen molar-refractivity contribution >= 4 is 0 Å². The molecule has 0 spiro atoms. The van der Waals surface area contributed by atoms with Crippen LogP contribution in [0.3, 0.4) is 0 Å². The second-order valence-corrected chi connectivity index (χ2v) is 5.17. The van der Waals surface area contributed by atoms with Gasteiger partial charge < -0.3 is 14.2 Å². The van der Waals surface area contributed by atoms with Crippen molar-refractivity contribution in [3.63, 3.8) is 0 Å². The van der Waals surface area contributed by atoms with Crippen molar-refractivity contribution < 1.29 is 14.2 Å². The van der Waals surface area contributed by atoms with E-state index in [0.29, 0.717) is 0 Å². The Morgan fingerprint density at radius 1 is 0.938 bits per heavy atom. The van der Waals surface area contributed by atoms with E-state index in [4.69, 9.17) is 14.2 Å². The molecule has 4 rings (SSSR count). The van der Waals surface area contributed by atoms with Crippen molar-refractivity contribution in [2.24, 2.45) is 0 Å². The highest BCUT2D eigenvalue weighted by Crippen LogP contribution is 2.56. The van der Waals surface area contributed by atoms with E-state index >= 15 is 0 Å². The molecular formula is C13H14O3. The van der Waals surface area contributed by atoms with E-state index in [1.807, 2.05) is 19.9 Å². The lowest BCUT2D eigenvalue weighted by Gasteiger charge is -2.22. The molecule has 1 aromatic carbocycles. The molecule has 2 heterocycles. The van der Waals surface area contributed by atoms with Gasteiger partial charge in [-0.05, 0) is 25.0 Å². The lowest BCUT2D eigenvalue weighted by Crippen LogP contribution is -2.27. The zero-order valence-electron chi connectivity index (χ0n) is 9.34. The van der Waals surface area contributed by atoms with Gasteiger partial charge in [0.1, 0.15) is 24.4 Å². The molecule has 0 saturated carbocycles. The second kappa shape index (κ2) is 2.67. The molecule has 1 aliphatic carbocycles. The molecule has 0 radical (unpaired) electrons. The summed E-state index contributed by atoms with van der Waals surface area (Å²) < 4.78 is 17.6. The van der Waals surface area contributed by atoms with E-state index in [9.17, 15) is 0 Å². The van der Waals surface area contributed by atoms with E-state index in [1.54, 1.807) is 0 Å². The van der Waals surface area contributed by atoms with Crippen molar-refractivity contribution in [3.8, 4) is 0 Å². The maximum atomic E-state index is 5.97. The van der Waals surface area contributed by atoms with Gasteiger partial charge in [-0.3, -0.25) is 0 Å². The Kier molecular flexibility index (Phi) is 1.53. The zero-order chi connectivity index (χ0) is 10.9. The van der Waals surface area contributed by atoms with Crippen LogP contribution in [0.5, 0.6) is 0 Å². The number of hydrogen-bond acceptors (Lipinski definition) is 3. The summed E-state index contributed by atoms with van der Waals surface area (Å²) in [7, 11) is 0. The molecule has 0 N–H and O–H groups in total. The third-order valence-corrected chi connectivity index (χ3v) is 3.59.